The number of hydrogen-bond acceptors (Lipinski definition) is 6. The summed E-state index contributed by atoms with van der Waals surface area (Å²) in [5, 5.41) is 8.77. The van der Waals surface area contributed by atoms with E-state index in [9.17, 15) is 4.79 Å². The molecule has 4 aromatic rings. The van der Waals surface area contributed by atoms with Crippen molar-refractivity contribution in [3.63, 3.8) is 0 Å². The molecule has 0 aliphatic rings. The third kappa shape index (κ3) is 5.00. The Morgan fingerprint density at radius 1 is 1.09 bits per heavy atom. The third-order valence-corrected chi connectivity index (χ3v) is 5.20. The number of fused-ring (bicyclic) bond motifs is 1. The summed E-state index contributed by atoms with van der Waals surface area (Å²) in [4.78, 5) is 21.0. The molecule has 0 aliphatic heterocycles. The van der Waals surface area contributed by atoms with Crippen LogP contribution in [-0.4, -0.2) is 32.8 Å². The van der Waals surface area contributed by atoms with Crippen LogP contribution in [0.1, 0.15) is 29.8 Å². The first-order valence-corrected chi connectivity index (χ1v) is 10.8. The smallest absolute Gasteiger partial charge is 0.337 e. The molecule has 0 atom stereocenters. The maximum atomic E-state index is 11.7. The third-order valence-electron chi connectivity index (χ3n) is 4.61. The number of nitrogens with one attached hydrogen (secondary N) is 1. The molecule has 0 saturated carbocycles. The van der Waals surface area contributed by atoms with Crippen molar-refractivity contribution in [3.8, 4) is 11.4 Å². The number of halogens is 2. The van der Waals surface area contributed by atoms with Crippen molar-refractivity contribution < 1.29 is 9.53 Å². The number of anilines is 1. The maximum Gasteiger partial charge on any atom is 0.337 e. The van der Waals surface area contributed by atoms with Gasteiger partial charge >= 0.3 is 5.97 Å². The predicted molar refractivity (Wildman–Crippen MR) is 128 cm³/mol. The van der Waals surface area contributed by atoms with E-state index in [0.717, 1.165) is 16.6 Å². The Hall–Kier alpha value is -3.16. The molecule has 0 bridgehead atoms. The van der Waals surface area contributed by atoms with Crippen molar-refractivity contribution in [1.29, 1.82) is 0 Å². The highest BCUT2D eigenvalue weighted by Crippen LogP contribution is 2.27. The number of aryl methyl sites for hydroxylation is 1. The molecule has 2 aromatic carbocycles. The number of nitrogens with zero attached hydrogens (tertiary/aromatic N) is 4. The number of hydrogen-bond donors (Lipinski definition) is 1. The molecule has 2 heterocycles. The Bertz CT molecular complexity index is 1240. The van der Waals surface area contributed by atoms with Crippen LogP contribution in [0.15, 0.2) is 48.7 Å². The predicted octanol–water partition coefficient (Wildman–Crippen LogP) is 5.76. The first-order valence-electron chi connectivity index (χ1n) is 10.0. The summed E-state index contributed by atoms with van der Waals surface area (Å²) in [5.74, 6) is 0.738. The van der Waals surface area contributed by atoms with Crippen molar-refractivity contribution in [1.82, 2.24) is 19.7 Å². The van der Waals surface area contributed by atoms with Crippen LogP contribution < -0.4 is 5.32 Å². The number of carbonyl (C=O) groups is 1. The molecule has 2 aromatic heterocycles. The first kappa shape index (κ1) is 23.5. The molecule has 4 rings (SSSR count). The lowest BCUT2D eigenvalue weighted by Crippen LogP contribution is -2.06. The fraction of sp³-hybridized carbons (Fsp3) is 0.217. The van der Waals surface area contributed by atoms with Crippen LogP contribution in [0.2, 0.25) is 10.0 Å². The Balaban J connectivity index is 0.00000141. The average Bonchev–Trinajstić information content (AvgIpc) is 3.20. The van der Waals surface area contributed by atoms with E-state index in [4.69, 9.17) is 32.9 Å². The van der Waals surface area contributed by atoms with Crippen LogP contribution in [0.4, 0.5) is 5.82 Å². The molecular weight excluding hydrogens is 449 g/mol. The lowest BCUT2D eigenvalue weighted by atomic mass is 10.1. The highest BCUT2D eigenvalue weighted by molar-refractivity contribution is 6.35. The summed E-state index contributed by atoms with van der Waals surface area (Å²) in [6.45, 7) is 4.45. The van der Waals surface area contributed by atoms with Crippen LogP contribution in [0, 0.1) is 0 Å². The molecule has 7 nitrogen and oxygen atoms in total. The average molecular weight is 472 g/mol. The van der Waals surface area contributed by atoms with E-state index in [-0.39, 0.29) is 0 Å². The number of esters is 1. The summed E-state index contributed by atoms with van der Waals surface area (Å²) in [7, 11) is 3.18. The molecule has 9 heteroatoms. The van der Waals surface area contributed by atoms with Crippen LogP contribution in [0.3, 0.4) is 0 Å². The maximum absolute atomic E-state index is 11.7. The fourth-order valence-electron chi connectivity index (χ4n) is 3.05. The lowest BCUT2D eigenvalue weighted by molar-refractivity contribution is 0.0600. The topological polar surface area (TPSA) is 81.9 Å². The fourth-order valence-corrected chi connectivity index (χ4v) is 3.53. The van der Waals surface area contributed by atoms with Crippen LogP contribution >= 0.6 is 23.2 Å². The molecule has 0 spiro atoms. The van der Waals surface area contributed by atoms with E-state index in [1.54, 1.807) is 47.3 Å². The largest absolute Gasteiger partial charge is 0.465 e. The zero-order valence-corrected chi connectivity index (χ0v) is 19.7. The van der Waals surface area contributed by atoms with Crippen molar-refractivity contribution in [3.05, 3.63) is 69.8 Å². The van der Waals surface area contributed by atoms with Crippen LogP contribution in [0.25, 0.3) is 22.4 Å². The van der Waals surface area contributed by atoms with E-state index in [1.807, 2.05) is 27.0 Å². The van der Waals surface area contributed by atoms with Crippen molar-refractivity contribution in [2.45, 2.75) is 20.4 Å². The number of methoxy groups -OCH3 is 1. The van der Waals surface area contributed by atoms with Gasteiger partial charge in [-0.15, -0.1) is 0 Å². The second-order valence-corrected chi connectivity index (χ2v) is 7.40. The van der Waals surface area contributed by atoms with Crippen LogP contribution in [-0.2, 0) is 18.3 Å². The standard InChI is InChI=1S/C21H17Cl2N5O2.C2H6/c1-28-18-17(11-25-28)26-19(12-3-5-13(6-4-12)21(29)30-2)27-20(18)24-10-14-7-8-15(22)9-16(14)23;1-2/h3-9,11H,10H2,1-2H3,(H,24,26,27);1-2H3. The summed E-state index contributed by atoms with van der Waals surface area (Å²) in [6.07, 6.45) is 1.68. The molecular formula is C23H23Cl2N5O2. The monoisotopic (exact) mass is 471 g/mol. The molecule has 0 radical (unpaired) electrons. The van der Waals surface area contributed by atoms with Gasteiger partial charge in [-0.05, 0) is 29.8 Å². The molecule has 0 unspecified atom stereocenters. The quantitative estimate of drug-likeness (QED) is 0.372. The molecule has 0 fully saturated rings. The van der Waals surface area contributed by atoms with Gasteiger partial charge in [0.2, 0.25) is 0 Å². The first-order chi connectivity index (χ1) is 15.5. The van der Waals surface area contributed by atoms with Gasteiger partial charge in [0, 0.05) is 29.2 Å². The molecule has 0 aliphatic carbocycles. The van der Waals surface area contributed by atoms with Gasteiger partial charge in [-0.3, -0.25) is 4.68 Å². The highest BCUT2D eigenvalue weighted by Gasteiger charge is 2.14. The van der Waals surface area contributed by atoms with E-state index in [0.29, 0.717) is 39.3 Å². The van der Waals surface area contributed by atoms with Gasteiger partial charge in [-0.1, -0.05) is 55.2 Å². The van der Waals surface area contributed by atoms with Gasteiger partial charge < -0.3 is 10.1 Å². The normalized spacial score (nSPS) is 10.4. The zero-order valence-electron chi connectivity index (χ0n) is 18.2. The Morgan fingerprint density at radius 2 is 1.81 bits per heavy atom. The molecule has 1 N–H and O–H groups in total. The number of aromatic nitrogens is 4. The number of benzene rings is 2. The Labute approximate surface area is 196 Å². The van der Waals surface area contributed by atoms with Crippen molar-refractivity contribution in [2.24, 2.45) is 7.05 Å². The van der Waals surface area contributed by atoms with Crippen molar-refractivity contribution >= 4 is 46.0 Å². The molecule has 0 saturated heterocycles. The number of carbonyl (C=O) groups excluding carboxylic acids is 1. The molecule has 32 heavy (non-hydrogen) atoms. The minimum atomic E-state index is -0.396. The number of rotatable bonds is 5. The summed E-state index contributed by atoms with van der Waals surface area (Å²) in [5.41, 5.74) is 3.58. The van der Waals surface area contributed by atoms with Gasteiger partial charge in [-0.2, -0.15) is 5.10 Å². The highest BCUT2D eigenvalue weighted by atomic mass is 35.5. The second kappa shape index (κ2) is 10.4. The second-order valence-electron chi connectivity index (χ2n) is 6.56. The molecule has 166 valence electrons. The van der Waals surface area contributed by atoms with E-state index >= 15 is 0 Å². The van der Waals surface area contributed by atoms with E-state index in [2.05, 4.69) is 15.4 Å². The van der Waals surface area contributed by atoms with Crippen molar-refractivity contribution in [2.75, 3.05) is 12.4 Å². The van der Waals surface area contributed by atoms with E-state index < -0.39 is 5.97 Å². The van der Waals surface area contributed by atoms with Crippen LogP contribution in [0.5, 0.6) is 0 Å². The van der Waals surface area contributed by atoms with Gasteiger partial charge in [-0.25, -0.2) is 14.8 Å². The minimum Gasteiger partial charge on any atom is -0.465 e. The van der Waals surface area contributed by atoms with Gasteiger partial charge in [0.1, 0.15) is 11.0 Å². The Kier molecular flexibility index (Phi) is 7.66. The zero-order chi connectivity index (χ0) is 23.3. The molecule has 0 amide bonds. The Morgan fingerprint density at radius 3 is 2.47 bits per heavy atom. The van der Waals surface area contributed by atoms with Gasteiger partial charge in [0.25, 0.3) is 0 Å². The van der Waals surface area contributed by atoms with Gasteiger partial charge in [0.15, 0.2) is 11.6 Å². The summed E-state index contributed by atoms with van der Waals surface area (Å²) in [6, 6.07) is 12.3. The van der Waals surface area contributed by atoms with E-state index in [1.165, 1.54) is 7.11 Å². The number of ether oxygens (including phenoxy) is 1. The SMILES string of the molecule is CC.COC(=O)c1ccc(-c2nc(NCc3ccc(Cl)cc3Cl)c3c(cnn3C)n2)cc1. The van der Waals surface area contributed by atoms with Gasteiger partial charge in [0.05, 0.1) is 18.9 Å². The summed E-state index contributed by atoms with van der Waals surface area (Å²) < 4.78 is 6.46. The lowest BCUT2D eigenvalue weighted by Gasteiger charge is -2.11. The summed E-state index contributed by atoms with van der Waals surface area (Å²) >= 11 is 12.3. The minimum absolute atomic E-state index is 0.396.